The number of rotatable bonds is 11. The summed E-state index contributed by atoms with van der Waals surface area (Å²) >= 11 is 0. The predicted molar refractivity (Wildman–Crippen MR) is 66.4 cm³/mol. The third kappa shape index (κ3) is 10.1. The Labute approximate surface area is 99.1 Å². The second-order valence-electron chi connectivity index (χ2n) is 3.97. The topological polar surface area (TPSA) is 49.7 Å². The molecule has 0 aliphatic heterocycles. The number of ether oxygens (including phenoxy) is 1. The van der Waals surface area contributed by atoms with Gasteiger partial charge in [-0.05, 0) is 25.7 Å². The maximum atomic E-state index is 8.75. The van der Waals surface area contributed by atoms with Gasteiger partial charge in [0.25, 0.3) is 0 Å². The molecule has 0 fully saturated rings. The zero-order valence-corrected chi connectivity index (χ0v) is 10.4. The maximum Gasteiger partial charge on any atom is 0.104 e. The number of unbranched alkanes of at least 4 members (excludes halogenated alkanes) is 4. The van der Waals surface area contributed by atoms with Crippen molar-refractivity contribution in [3.05, 3.63) is 12.2 Å². The summed E-state index contributed by atoms with van der Waals surface area (Å²) in [6, 6.07) is 0. The molecule has 0 saturated carbocycles. The molecule has 0 unspecified atom stereocenters. The van der Waals surface area contributed by atoms with Gasteiger partial charge in [0.1, 0.15) is 6.10 Å². The molecule has 0 aromatic rings. The molecular formula is C13H26O3. The minimum atomic E-state index is -0.403. The van der Waals surface area contributed by atoms with E-state index in [1.165, 1.54) is 19.3 Å². The minimum Gasteiger partial charge on any atom is -0.394 e. The summed E-state index contributed by atoms with van der Waals surface area (Å²) in [4.78, 5) is 0. The van der Waals surface area contributed by atoms with Crippen LogP contribution in [0.3, 0.4) is 0 Å². The Morgan fingerprint density at radius 2 is 1.62 bits per heavy atom. The zero-order chi connectivity index (χ0) is 12.1. The van der Waals surface area contributed by atoms with Gasteiger partial charge in [-0.15, -0.1) is 0 Å². The fourth-order valence-corrected chi connectivity index (χ4v) is 1.34. The third-order valence-electron chi connectivity index (χ3n) is 2.42. The number of aliphatic hydroxyl groups excluding tert-OH is 2. The fraction of sp³-hybridized carbons (Fsp3) is 0.846. The second kappa shape index (κ2) is 12.7. The highest BCUT2D eigenvalue weighted by molar-refractivity contribution is 4.81. The molecule has 0 radical (unpaired) electrons. The van der Waals surface area contributed by atoms with Crippen LogP contribution in [-0.2, 0) is 4.74 Å². The lowest BCUT2D eigenvalue weighted by Gasteiger charge is -2.11. The summed E-state index contributed by atoms with van der Waals surface area (Å²) in [5.74, 6) is 0. The lowest BCUT2D eigenvalue weighted by atomic mass is 10.2. The first-order chi connectivity index (χ1) is 7.85. The number of hydrogen-bond donors (Lipinski definition) is 2. The monoisotopic (exact) mass is 230 g/mol. The standard InChI is InChI=1S/C13H26O3/c1-2-3-4-5-6-7-8-9-10-16-13(11-14)12-15/h5-6,13-15H,2-4,7-12H2,1H3/b6-5+. The van der Waals surface area contributed by atoms with Crippen molar-refractivity contribution < 1.29 is 14.9 Å². The van der Waals surface area contributed by atoms with Crippen LogP contribution >= 0.6 is 0 Å². The Balaban J connectivity index is 3.17. The molecular weight excluding hydrogens is 204 g/mol. The Hall–Kier alpha value is -0.380. The van der Waals surface area contributed by atoms with Crippen LogP contribution in [-0.4, -0.2) is 36.1 Å². The normalized spacial score (nSPS) is 11.8. The molecule has 0 saturated heterocycles. The highest BCUT2D eigenvalue weighted by atomic mass is 16.5. The van der Waals surface area contributed by atoms with Crippen LogP contribution in [0.4, 0.5) is 0 Å². The van der Waals surface area contributed by atoms with E-state index in [1.807, 2.05) is 0 Å². The van der Waals surface area contributed by atoms with Gasteiger partial charge in [-0.2, -0.15) is 0 Å². The molecule has 2 N–H and O–H groups in total. The van der Waals surface area contributed by atoms with Gasteiger partial charge in [-0.25, -0.2) is 0 Å². The summed E-state index contributed by atoms with van der Waals surface area (Å²) in [5, 5.41) is 17.5. The summed E-state index contributed by atoms with van der Waals surface area (Å²) < 4.78 is 5.26. The van der Waals surface area contributed by atoms with Gasteiger partial charge in [0.15, 0.2) is 0 Å². The molecule has 0 atom stereocenters. The van der Waals surface area contributed by atoms with Crippen molar-refractivity contribution in [1.82, 2.24) is 0 Å². The van der Waals surface area contributed by atoms with Crippen molar-refractivity contribution in [2.24, 2.45) is 0 Å². The predicted octanol–water partition coefficient (Wildman–Crippen LogP) is 2.27. The lowest BCUT2D eigenvalue weighted by molar-refractivity contribution is -0.0206. The molecule has 0 spiro atoms. The minimum absolute atomic E-state index is 0.104. The van der Waals surface area contributed by atoms with Crippen LogP contribution in [0, 0.1) is 0 Å². The number of hydrogen-bond acceptors (Lipinski definition) is 3. The van der Waals surface area contributed by atoms with Crippen LogP contribution < -0.4 is 0 Å². The van der Waals surface area contributed by atoms with E-state index in [1.54, 1.807) is 0 Å². The van der Waals surface area contributed by atoms with Gasteiger partial charge in [0.2, 0.25) is 0 Å². The summed E-state index contributed by atoms with van der Waals surface area (Å²) in [6.07, 6.45) is 11.0. The van der Waals surface area contributed by atoms with Gasteiger partial charge in [0.05, 0.1) is 13.2 Å². The third-order valence-corrected chi connectivity index (χ3v) is 2.42. The van der Waals surface area contributed by atoms with Gasteiger partial charge >= 0.3 is 0 Å². The zero-order valence-electron chi connectivity index (χ0n) is 10.4. The van der Waals surface area contributed by atoms with E-state index >= 15 is 0 Å². The van der Waals surface area contributed by atoms with Crippen molar-refractivity contribution in [2.75, 3.05) is 19.8 Å². The molecule has 3 heteroatoms. The molecule has 0 aliphatic rings. The van der Waals surface area contributed by atoms with E-state index in [9.17, 15) is 0 Å². The van der Waals surface area contributed by atoms with Crippen LogP contribution in [0.25, 0.3) is 0 Å². The summed E-state index contributed by atoms with van der Waals surface area (Å²) in [6.45, 7) is 2.61. The maximum absolute atomic E-state index is 8.75. The molecule has 0 aromatic carbocycles. The molecule has 0 amide bonds. The first-order valence-electron chi connectivity index (χ1n) is 6.33. The average molecular weight is 230 g/mol. The second-order valence-corrected chi connectivity index (χ2v) is 3.97. The molecule has 3 nitrogen and oxygen atoms in total. The smallest absolute Gasteiger partial charge is 0.104 e. The van der Waals surface area contributed by atoms with Crippen molar-refractivity contribution in [1.29, 1.82) is 0 Å². The highest BCUT2D eigenvalue weighted by Crippen LogP contribution is 2.01. The van der Waals surface area contributed by atoms with Crippen molar-refractivity contribution in [3.8, 4) is 0 Å². The Kier molecular flexibility index (Phi) is 12.4. The van der Waals surface area contributed by atoms with Gasteiger partial charge < -0.3 is 14.9 Å². The van der Waals surface area contributed by atoms with E-state index in [0.29, 0.717) is 6.61 Å². The van der Waals surface area contributed by atoms with E-state index in [0.717, 1.165) is 19.3 Å². The molecule has 96 valence electrons. The summed E-state index contributed by atoms with van der Waals surface area (Å²) in [7, 11) is 0. The van der Waals surface area contributed by atoms with Crippen LogP contribution in [0.2, 0.25) is 0 Å². The molecule has 0 bridgehead atoms. The van der Waals surface area contributed by atoms with Crippen LogP contribution in [0.1, 0.15) is 45.4 Å². The van der Waals surface area contributed by atoms with Crippen molar-refractivity contribution in [2.45, 2.75) is 51.6 Å². The van der Waals surface area contributed by atoms with Crippen molar-refractivity contribution in [3.63, 3.8) is 0 Å². The quantitative estimate of drug-likeness (QED) is 0.423. The van der Waals surface area contributed by atoms with E-state index in [4.69, 9.17) is 14.9 Å². The average Bonchev–Trinajstić information content (AvgIpc) is 2.32. The Bertz CT molecular complexity index is 153. The fourth-order valence-electron chi connectivity index (χ4n) is 1.34. The lowest BCUT2D eigenvalue weighted by Crippen LogP contribution is -2.22. The summed E-state index contributed by atoms with van der Waals surface area (Å²) in [5.41, 5.74) is 0. The molecule has 0 aromatic heterocycles. The molecule has 0 aliphatic carbocycles. The molecule has 0 heterocycles. The van der Waals surface area contributed by atoms with Crippen LogP contribution in [0.5, 0.6) is 0 Å². The van der Waals surface area contributed by atoms with Crippen molar-refractivity contribution >= 4 is 0 Å². The first-order valence-corrected chi connectivity index (χ1v) is 6.33. The molecule has 0 rings (SSSR count). The highest BCUT2D eigenvalue weighted by Gasteiger charge is 2.03. The first kappa shape index (κ1) is 15.6. The van der Waals surface area contributed by atoms with Crippen LogP contribution in [0.15, 0.2) is 12.2 Å². The SMILES string of the molecule is CCCC/C=C/CCCCOC(CO)CO. The van der Waals surface area contributed by atoms with E-state index < -0.39 is 6.10 Å². The van der Waals surface area contributed by atoms with Gasteiger partial charge in [-0.3, -0.25) is 0 Å². The van der Waals surface area contributed by atoms with Gasteiger partial charge in [0, 0.05) is 6.61 Å². The number of aliphatic hydroxyl groups is 2. The largest absolute Gasteiger partial charge is 0.394 e. The van der Waals surface area contributed by atoms with Gasteiger partial charge in [-0.1, -0.05) is 31.9 Å². The van der Waals surface area contributed by atoms with E-state index in [2.05, 4.69) is 19.1 Å². The Morgan fingerprint density at radius 3 is 2.19 bits per heavy atom. The number of allylic oxidation sites excluding steroid dienone is 2. The molecule has 16 heavy (non-hydrogen) atoms. The van der Waals surface area contributed by atoms with E-state index in [-0.39, 0.29) is 13.2 Å². The Morgan fingerprint density at radius 1 is 1.00 bits per heavy atom.